The van der Waals surface area contributed by atoms with E-state index in [1.807, 2.05) is 96.9 Å². The number of hydroxylamine groups is 4. The lowest BCUT2D eigenvalue weighted by molar-refractivity contribution is -0.251. The van der Waals surface area contributed by atoms with Crippen molar-refractivity contribution >= 4 is 18.7 Å². The number of rotatable bonds is 6. The summed E-state index contributed by atoms with van der Waals surface area (Å²) in [5.41, 5.74) is 3.91. The summed E-state index contributed by atoms with van der Waals surface area (Å²) in [5.74, 6) is -0.0614. The van der Waals surface area contributed by atoms with Crippen LogP contribution in [-0.2, 0) is 9.59 Å². The normalized spacial score (nSPS) is 23.8. The fourth-order valence-corrected chi connectivity index (χ4v) is 6.87. The molecule has 2 saturated heterocycles. The Morgan fingerprint density at radius 1 is 0.925 bits per heavy atom. The molecule has 1 atom stereocenters. The van der Waals surface area contributed by atoms with Crippen molar-refractivity contribution in [2.24, 2.45) is 28.0 Å². The second kappa shape index (κ2) is 14.6. The summed E-state index contributed by atoms with van der Waals surface area (Å²) in [7, 11) is 0. The third kappa shape index (κ3) is 10.1. The largest absolute Gasteiger partial charge is 0.390 e. The zero-order valence-electron chi connectivity index (χ0n) is 28.2. The van der Waals surface area contributed by atoms with E-state index in [4.69, 9.17) is 5.73 Å². The summed E-state index contributed by atoms with van der Waals surface area (Å²) < 4.78 is 0. The van der Waals surface area contributed by atoms with E-state index in [0.29, 0.717) is 13.0 Å². The first-order chi connectivity index (χ1) is 18.1. The molecule has 2 rings (SSSR count). The van der Waals surface area contributed by atoms with Crippen molar-refractivity contribution in [1.29, 1.82) is 0 Å². The van der Waals surface area contributed by atoms with Crippen LogP contribution in [0.25, 0.3) is 0 Å². The lowest BCUT2D eigenvalue weighted by Gasteiger charge is -2.52. The molecule has 0 radical (unpaired) electrons. The molecule has 0 aromatic rings. The van der Waals surface area contributed by atoms with Gasteiger partial charge in [-0.25, -0.2) is 0 Å². The maximum Gasteiger partial charge on any atom is 0.232 e. The van der Waals surface area contributed by atoms with Crippen LogP contribution in [0.4, 0.5) is 0 Å². The van der Waals surface area contributed by atoms with Gasteiger partial charge in [0.1, 0.15) is 0 Å². The van der Waals surface area contributed by atoms with Crippen LogP contribution in [0.5, 0.6) is 0 Å². The molecule has 2 aliphatic heterocycles. The molecule has 2 fully saturated rings. The number of nitrogens with zero attached hydrogens (tertiary/aromatic N) is 4. The van der Waals surface area contributed by atoms with Crippen LogP contribution in [0.15, 0.2) is 4.99 Å². The predicted octanol–water partition coefficient (Wildman–Crippen LogP) is 6.11. The van der Waals surface area contributed by atoms with Gasteiger partial charge in [-0.3, -0.25) is 19.5 Å². The van der Waals surface area contributed by atoms with Gasteiger partial charge in [0.25, 0.3) is 0 Å². The first-order valence-corrected chi connectivity index (χ1v) is 15.0. The SMILES string of the molecule is CC.CC1(C)CC(N=CN)CC(C)(C)N1O.CCC(C(=O)N(C=O)CC1CC(C)(C)N(O)C(C)(C)C1)C(C)(C)C. The van der Waals surface area contributed by atoms with Crippen molar-refractivity contribution < 1.29 is 20.0 Å². The van der Waals surface area contributed by atoms with Crippen molar-refractivity contribution in [1.82, 2.24) is 15.0 Å². The van der Waals surface area contributed by atoms with E-state index in [9.17, 15) is 20.0 Å². The highest BCUT2D eigenvalue weighted by molar-refractivity contribution is 5.88. The van der Waals surface area contributed by atoms with Gasteiger partial charge in [-0.2, -0.15) is 10.1 Å². The molecule has 9 heteroatoms. The standard InChI is InChI=1S/C19H36N2O3.C10H21N3O.C2H6/c1-9-15(17(2,3)4)16(23)20(13-22)12-14-10-18(5,6)21(24)19(7,8)11-14;1-9(2)5-8(12-7-11)6-10(3,4)13(9)14;1-2/h13-15,24H,9-12H2,1-8H3;7-8,14H,5-6H2,1-4H3,(H2,11,12);1-2H3. The van der Waals surface area contributed by atoms with Crippen molar-refractivity contribution in [3.8, 4) is 0 Å². The molecule has 0 bridgehead atoms. The molecule has 4 N–H and O–H groups in total. The summed E-state index contributed by atoms with van der Waals surface area (Å²) in [6.07, 6.45) is 5.93. The van der Waals surface area contributed by atoms with Gasteiger partial charge in [0, 0.05) is 34.6 Å². The van der Waals surface area contributed by atoms with Gasteiger partial charge >= 0.3 is 0 Å². The fraction of sp³-hybridized carbons (Fsp3) is 0.903. The number of carbonyl (C=O) groups excluding carboxylic acids is 2. The highest BCUT2D eigenvalue weighted by Crippen LogP contribution is 2.41. The molecular weight excluding hydrogens is 506 g/mol. The van der Waals surface area contributed by atoms with Crippen LogP contribution in [0, 0.1) is 17.3 Å². The molecular formula is C31H63N5O4. The third-order valence-electron chi connectivity index (χ3n) is 8.25. The molecule has 0 spiro atoms. The van der Waals surface area contributed by atoms with E-state index in [0.717, 1.165) is 32.1 Å². The number of amides is 2. The summed E-state index contributed by atoms with van der Waals surface area (Å²) >= 11 is 0. The average Bonchev–Trinajstić information content (AvgIpc) is 2.80. The first-order valence-electron chi connectivity index (χ1n) is 15.0. The minimum absolute atomic E-state index is 0.0814. The van der Waals surface area contributed by atoms with Gasteiger partial charge < -0.3 is 16.1 Å². The van der Waals surface area contributed by atoms with Crippen molar-refractivity contribution in [3.05, 3.63) is 0 Å². The van der Waals surface area contributed by atoms with Crippen LogP contribution < -0.4 is 5.73 Å². The number of imide groups is 1. The van der Waals surface area contributed by atoms with Gasteiger partial charge in [0.2, 0.25) is 12.3 Å². The Balaban J connectivity index is 0.000000805. The van der Waals surface area contributed by atoms with E-state index in [1.165, 1.54) is 21.4 Å². The molecule has 2 aliphatic rings. The number of hydrogen-bond acceptors (Lipinski definition) is 7. The van der Waals surface area contributed by atoms with Crippen molar-refractivity contribution in [2.75, 3.05) is 6.54 Å². The number of piperidine rings is 2. The summed E-state index contributed by atoms with van der Waals surface area (Å²) in [6.45, 7) is 28.6. The van der Waals surface area contributed by atoms with Crippen molar-refractivity contribution in [3.63, 3.8) is 0 Å². The zero-order chi connectivity index (χ0) is 31.9. The van der Waals surface area contributed by atoms with Gasteiger partial charge in [-0.1, -0.05) is 41.5 Å². The Hall–Kier alpha value is -1.55. The molecule has 2 heterocycles. The molecule has 1 unspecified atom stereocenters. The Kier molecular flexibility index (Phi) is 14.0. The van der Waals surface area contributed by atoms with Crippen molar-refractivity contribution in [2.45, 2.75) is 157 Å². The van der Waals surface area contributed by atoms with Gasteiger partial charge in [0.05, 0.1) is 12.4 Å². The van der Waals surface area contributed by atoms with E-state index >= 15 is 0 Å². The van der Waals surface area contributed by atoms with E-state index in [1.54, 1.807) is 0 Å². The summed E-state index contributed by atoms with van der Waals surface area (Å²) in [4.78, 5) is 30.0. The highest BCUT2D eigenvalue weighted by Gasteiger charge is 2.46. The Labute approximate surface area is 245 Å². The maximum atomic E-state index is 12.8. The zero-order valence-corrected chi connectivity index (χ0v) is 28.2. The minimum atomic E-state index is -0.377. The van der Waals surface area contributed by atoms with Crippen LogP contribution in [-0.4, -0.2) is 78.8 Å². The quantitative estimate of drug-likeness (QED) is 0.200. The Bertz CT molecular complexity index is 796. The third-order valence-corrected chi connectivity index (χ3v) is 8.25. The average molecular weight is 570 g/mol. The Morgan fingerprint density at radius 3 is 1.60 bits per heavy atom. The monoisotopic (exact) mass is 569 g/mol. The molecule has 0 saturated carbocycles. The summed E-state index contributed by atoms with van der Waals surface area (Å²) in [5, 5.41) is 23.3. The molecule has 9 nitrogen and oxygen atoms in total. The molecule has 0 aromatic heterocycles. The van der Waals surface area contributed by atoms with Crippen LogP contribution in [0.2, 0.25) is 0 Å². The molecule has 0 aliphatic carbocycles. The second-order valence-corrected chi connectivity index (χ2v) is 14.9. The van der Waals surface area contributed by atoms with Crippen LogP contribution in [0.3, 0.4) is 0 Å². The summed E-state index contributed by atoms with van der Waals surface area (Å²) in [6, 6.07) is 0.216. The number of carbonyl (C=O) groups is 2. The second-order valence-electron chi connectivity index (χ2n) is 14.9. The fourth-order valence-electron chi connectivity index (χ4n) is 6.87. The smallest absolute Gasteiger partial charge is 0.232 e. The van der Waals surface area contributed by atoms with Crippen LogP contribution in [0.1, 0.15) is 129 Å². The minimum Gasteiger partial charge on any atom is -0.390 e. The van der Waals surface area contributed by atoms with E-state index < -0.39 is 0 Å². The lowest BCUT2D eigenvalue weighted by atomic mass is 9.74. The highest BCUT2D eigenvalue weighted by atomic mass is 16.5. The topological polar surface area (TPSA) is 123 Å². The van der Waals surface area contributed by atoms with Gasteiger partial charge in [-0.05, 0) is 98.8 Å². The lowest BCUT2D eigenvalue weighted by Crippen LogP contribution is -2.60. The molecule has 2 amide bonds. The number of aliphatic imine (C=N–C) groups is 1. The van der Waals surface area contributed by atoms with Gasteiger partial charge in [0.15, 0.2) is 0 Å². The molecule has 40 heavy (non-hydrogen) atoms. The van der Waals surface area contributed by atoms with E-state index in [-0.39, 0.29) is 51.4 Å². The Morgan fingerprint density at radius 2 is 1.30 bits per heavy atom. The predicted molar refractivity (Wildman–Crippen MR) is 164 cm³/mol. The molecule has 236 valence electrons. The van der Waals surface area contributed by atoms with E-state index in [2.05, 4.69) is 4.99 Å². The maximum absolute atomic E-state index is 12.8. The first kappa shape index (κ1) is 38.5. The number of nitrogens with two attached hydrogens (primary N) is 1. The molecule has 0 aromatic carbocycles. The number of hydrogen-bond donors (Lipinski definition) is 3. The van der Waals surface area contributed by atoms with Crippen LogP contribution >= 0.6 is 0 Å². The van der Waals surface area contributed by atoms with Gasteiger partial charge in [-0.15, -0.1) is 0 Å².